The Morgan fingerprint density at radius 1 is 1.10 bits per heavy atom. The van der Waals surface area contributed by atoms with Gasteiger partial charge in [0, 0.05) is 19.6 Å². The van der Waals surface area contributed by atoms with Crippen molar-refractivity contribution in [1.29, 1.82) is 0 Å². The number of rotatable bonds is 10. The van der Waals surface area contributed by atoms with Crippen LogP contribution in [0.3, 0.4) is 0 Å². The lowest BCUT2D eigenvalue weighted by Crippen LogP contribution is -2.36. The first-order valence-electron chi connectivity index (χ1n) is 10.4. The number of esters is 1. The predicted molar refractivity (Wildman–Crippen MR) is 111 cm³/mol. The molecule has 1 aromatic rings. The number of unbranched alkanes of at least 4 members (excludes halogenated alkanes) is 3. The van der Waals surface area contributed by atoms with E-state index in [1.807, 2.05) is 0 Å². The van der Waals surface area contributed by atoms with Gasteiger partial charge in [0.1, 0.15) is 0 Å². The SMILES string of the molecule is CCCCCCNC(=O)COC(=O)c1ccc(C)c(S(=O)(=O)N2CCCCC2)c1. The molecule has 2 rings (SSSR count). The minimum atomic E-state index is -3.65. The number of nitrogens with one attached hydrogen (secondary N) is 1. The molecule has 0 aliphatic carbocycles. The molecule has 0 bridgehead atoms. The van der Waals surface area contributed by atoms with Crippen molar-refractivity contribution in [3.8, 4) is 0 Å². The molecule has 1 saturated heterocycles. The van der Waals surface area contributed by atoms with Crippen LogP contribution in [0.2, 0.25) is 0 Å². The maximum Gasteiger partial charge on any atom is 0.338 e. The van der Waals surface area contributed by atoms with Crippen LogP contribution >= 0.6 is 0 Å². The van der Waals surface area contributed by atoms with Crippen LogP contribution in [-0.4, -0.2) is 50.8 Å². The molecular formula is C21H32N2O5S. The Balaban J connectivity index is 1.96. The standard InChI is InChI=1S/C21H32N2O5S/c1-3-4-5-7-12-22-20(24)16-28-21(25)18-11-10-17(2)19(15-18)29(26,27)23-13-8-6-9-14-23/h10-11,15H,3-9,12-14,16H2,1-2H3,(H,22,24). The van der Waals surface area contributed by atoms with E-state index in [9.17, 15) is 18.0 Å². The highest BCUT2D eigenvalue weighted by Gasteiger charge is 2.28. The molecule has 1 aliphatic rings. The number of sulfonamides is 1. The van der Waals surface area contributed by atoms with Gasteiger partial charge in [-0.25, -0.2) is 13.2 Å². The summed E-state index contributed by atoms with van der Waals surface area (Å²) in [7, 11) is -3.65. The lowest BCUT2D eigenvalue weighted by atomic mass is 10.1. The molecule has 1 amide bonds. The molecule has 162 valence electrons. The van der Waals surface area contributed by atoms with E-state index in [4.69, 9.17) is 4.74 Å². The zero-order valence-corrected chi connectivity index (χ0v) is 18.2. The average Bonchev–Trinajstić information content (AvgIpc) is 2.72. The van der Waals surface area contributed by atoms with Gasteiger partial charge in [0.15, 0.2) is 6.61 Å². The van der Waals surface area contributed by atoms with Crippen LogP contribution in [-0.2, 0) is 19.6 Å². The number of ether oxygens (including phenoxy) is 1. The minimum absolute atomic E-state index is 0.120. The van der Waals surface area contributed by atoms with E-state index in [-0.39, 0.29) is 23.0 Å². The van der Waals surface area contributed by atoms with Crippen molar-refractivity contribution in [2.45, 2.75) is 63.7 Å². The summed E-state index contributed by atoms with van der Waals surface area (Å²) in [5, 5.41) is 2.72. The first kappa shape index (κ1) is 23.3. The van der Waals surface area contributed by atoms with E-state index in [1.165, 1.54) is 16.4 Å². The summed E-state index contributed by atoms with van der Waals surface area (Å²) in [5.41, 5.74) is 0.707. The average molecular weight is 425 g/mol. The molecule has 0 atom stereocenters. The minimum Gasteiger partial charge on any atom is -0.452 e. The van der Waals surface area contributed by atoms with Crippen LogP contribution in [0.5, 0.6) is 0 Å². The van der Waals surface area contributed by atoms with Crippen molar-refractivity contribution in [3.05, 3.63) is 29.3 Å². The molecule has 1 aromatic carbocycles. The summed E-state index contributed by atoms with van der Waals surface area (Å²) in [6.07, 6.45) is 6.90. The molecular weight excluding hydrogens is 392 g/mol. The maximum atomic E-state index is 13.0. The first-order valence-corrected chi connectivity index (χ1v) is 11.8. The summed E-state index contributed by atoms with van der Waals surface area (Å²) < 4.78 is 32.4. The fourth-order valence-electron chi connectivity index (χ4n) is 3.29. The van der Waals surface area contributed by atoms with Crippen molar-refractivity contribution in [2.75, 3.05) is 26.2 Å². The Labute approximate surface area is 173 Å². The second-order valence-corrected chi connectivity index (χ2v) is 9.34. The Hall–Kier alpha value is -1.93. The lowest BCUT2D eigenvalue weighted by Gasteiger charge is -2.26. The number of aryl methyl sites for hydroxylation is 1. The Morgan fingerprint density at radius 3 is 2.52 bits per heavy atom. The van der Waals surface area contributed by atoms with Crippen LogP contribution in [0.15, 0.2) is 23.1 Å². The van der Waals surface area contributed by atoms with Gasteiger partial charge in [0.2, 0.25) is 10.0 Å². The van der Waals surface area contributed by atoms with E-state index in [0.29, 0.717) is 25.2 Å². The van der Waals surface area contributed by atoms with Crippen LogP contribution < -0.4 is 5.32 Å². The third-order valence-electron chi connectivity index (χ3n) is 5.04. The Morgan fingerprint density at radius 2 is 1.83 bits per heavy atom. The molecule has 0 unspecified atom stereocenters. The smallest absolute Gasteiger partial charge is 0.338 e. The number of benzene rings is 1. The zero-order valence-electron chi connectivity index (χ0n) is 17.4. The first-order chi connectivity index (χ1) is 13.9. The van der Waals surface area contributed by atoms with E-state index in [1.54, 1.807) is 13.0 Å². The normalized spacial score (nSPS) is 15.1. The highest BCUT2D eigenvalue weighted by molar-refractivity contribution is 7.89. The van der Waals surface area contributed by atoms with Gasteiger partial charge in [-0.1, -0.05) is 38.7 Å². The molecule has 1 N–H and O–H groups in total. The van der Waals surface area contributed by atoms with Crippen molar-refractivity contribution in [2.24, 2.45) is 0 Å². The van der Waals surface area contributed by atoms with Gasteiger partial charge in [-0.3, -0.25) is 4.79 Å². The number of carbonyl (C=O) groups excluding carboxylic acids is 2. The summed E-state index contributed by atoms with van der Waals surface area (Å²) in [4.78, 5) is 24.2. The van der Waals surface area contributed by atoms with Gasteiger partial charge in [-0.05, 0) is 43.9 Å². The quantitative estimate of drug-likeness (QED) is 0.460. The van der Waals surface area contributed by atoms with Crippen molar-refractivity contribution < 1.29 is 22.7 Å². The molecule has 29 heavy (non-hydrogen) atoms. The highest BCUT2D eigenvalue weighted by Crippen LogP contribution is 2.24. The van der Waals surface area contributed by atoms with Crippen LogP contribution in [0.1, 0.15) is 67.8 Å². The maximum absolute atomic E-state index is 13.0. The molecule has 0 spiro atoms. The predicted octanol–water partition coefficient (Wildman–Crippen LogP) is 3.02. The van der Waals surface area contributed by atoms with Crippen molar-refractivity contribution in [3.63, 3.8) is 0 Å². The molecule has 0 saturated carbocycles. The Bertz CT molecular complexity index is 801. The molecule has 1 fully saturated rings. The molecule has 0 aromatic heterocycles. The number of hydrogen-bond donors (Lipinski definition) is 1. The number of carbonyl (C=O) groups is 2. The van der Waals surface area contributed by atoms with Crippen LogP contribution in [0.4, 0.5) is 0 Å². The lowest BCUT2D eigenvalue weighted by molar-refractivity contribution is -0.124. The third-order valence-corrected chi connectivity index (χ3v) is 7.08. The molecule has 0 radical (unpaired) electrons. The van der Waals surface area contributed by atoms with Gasteiger partial charge in [0.05, 0.1) is 10.5 Å². The van der Waals surface area contributed by atoms with Gasteiger partial charge < -0.3 is 10.1 Å². The number of amides is 1. The molecule has 1 aliphatic heterocycles. The Kier molecular flexibility index (Phi) is 9.10. The summed E-state index contributed by atoms with van der Waals surface area (Å²) in [6, 6.07) is 4.47. The van der Waals surface area contributed by atoms with E-state index >= 15 is 0 Å². The molecule has 7 nitrogen and oxygen atoms in total. The zero-order chi connectivity index (χ0) is 21.3. The second kappa shape index (κ2) is 11.3. The number of hydrogen-bond acceptors (Lipinski definition) is 5. The monoisotopic (exact) mass is 424 g/mol. The largest absolute Gasteiger partial charge is 0.452 e. The van der Waals surface area contributed by atoms with Crippen molar-refractivity contribution in [1.82, 2.24) is 9.62 Å². The van der Waals surface area contributed by atoms with E-state index in [2.05, 4.69) is 12.2 Å². The number of nitrogens with zero attached hydrogens (tertiary/aromatic N) is 1. The van der Waals surface area contributed by atoms with Gasteiger partial charge >= 0.3 is 5.97 Å². The summed E-state index contributed by atoms with van der Waals surface area (Å²) in [5.74, 6) is -1.07. The molecule has 1 heterocycles. The van der Waals surface area contributed by atoms with Crippen LogP contribution in [0.25, 0.3) is 0 Å². The second-order valence-electron chi connectivity index (χ2n) is 7.43. The van der Waals surface area contributed by atoms with Crippen molar-refractivity contribution >= 4 is 21.9 Å². The fraction of sp³-hybridized carbons (Fsp3) is 0.619. The molecule has 8 heteroatoms. The fourth-order valence-corrected chi connectivity index (χ4v) is 5.06. The number of piperidine rings is 1. The van der Waals surface area contributed by atoms with E-state index in [0.717, 1.165) is 44.9 Å². The van der Waals surface area contributed by atoms with Gasteiger partial charge in [0.25, 0.3) is 5.91 Å². The topological polar surface area (TPSA) is 92.8 Å². The summed E-state index contributed by atoms with van der Waals surface area (Å²) >= 11 is 0. The van der Waals surface area contributed by atoms with Gasteiger partial charge in [-0.2, -0.15) is 4.31 Å². The highest BCUT2D eigenvalue weighted by atomic mass is 32.2. The third kappa shape index (κ3) is 6.82. The summed E-state index contributed by atoms with van der Waals surface area (Å²) in [6.45, 7) is 4.99. The van der Waals surface area contributed by atoms with E-state index < -0.39 is 16.0 Å². The van der Waals surface area contributed by atoms with Crippen LogP contribution in [0, 0.1) is 6.92 Å². The van der Waals surface area contributed by atoms with Gasteiger partial charge in [-0.15, -0.1) is 0 Å².